The van der Waals surface area contributed by atoms with Crippen LogP contribution in [-0.4, -0.2) is 37.2 Å². The monoisotopic (exact) mass is 303 g/mol. The van der Waals surface area contributed by atoms with Crippen LogP contribution in [0.2, 0.25) is 0 Å². The lowest BCUT2D eigenvalue weighted by atomic mass is 10.2. The van der Waals surface area contributed by atoms with E-state index in [-0.39, 0.29) is 5.91 Å². The fourth-order valence-corrected chi connectivity index (χ4v) is 2.85. The molecular weight excluding hydrogens is 286 g/mol. The Kier molecular flexibility index (Phi) is 4.47. The Morgan fingerprint density at radius 1 is 1.38 bits per heavy atom. The van der Waals surface area contributed by atoms with Crippen LogP contribution in [0.1, 0.15) is 15.9 Å². The standard InChI is InChI=1S/C15H17N3O2S/c19-15(13-2-8-21-11-13)17-10-12-1-3-16-14(9-12)18-4-6-20-7-5-18/h1-3,8-9,11H,4-7,10H2,(H,17,19). The molecule has 0 aromatic carbocycles. The molecule has 0 spiro atoms. The number of nitrogens with one attached hydrogen (secondary N) is 1. The number of hydrogen-bond donors (Lipinski definition) is 1. The summed E-state index contributed by atoms with van der Waals surface area (Å²) in [7, 11) is 0. The third kappa shape index (κ3) is 3.59. The van der Waals surface area contributed by atoms with Gasteiger partial charge in [0.2, 0.25) is 0 Å². The molecule has 2 aromatic heterocycles. The van der Waals surface area contributed by atoms with Crippen molar-refractivity contribution in [2.24, 2.45) is 0 Å². The molecule has 0 saturated carbocycles. The first-order valence-electron chi connectivity index (χ1n) is 6.91. The Balaban J connectivity index is 1.62. The zero-order valence-electron chi connectivity index (χ0n) is 11.6. The molecular formula is C15H17N3O2S. The summed E-state index contributed by atoms with van der Waals surface area (Å²) in [4.78, 5) is 18.5. The highest BCUT2D eigenvalue weighted by Gasteiger charge is 2.13. The number of morpholine rings is 1. The zero-order chi connectivity index (χ0) is 14.5. The average Bonchev–Trinajstić information content (AvgIpc) is 3.08. The van der Waals surface area contributed by atoms with Gasteiger partial charge in [-0.15, -0.1) is 0 Å². The van der Waals surface area contributed by atoms with Gasteiger partial charge in [-0.3, -0.25) is 4.79 Å². The highest BCUT2D eigenvalue weighted by atomic mass is 32.1. The third-order valence-electron chi connectivity index (χ3n) is 3.38. The summed E-state index contributed by atoms with van der Waals surface area (Å²) in [5, 5.41) is 6.68. The lowest BCUT2D eigenvalue weighted by Gasteiger charge is -2.28. The lowest BCUT2D eigenvalue weighted by Crippen LogP contribution is -2.36. The SMILES string of the molecule is O=C(NCc1ccnc(N2CCOCC2)c1)c1ccsc1. The number of carbonyl (C=O) groups excluding carboxylic acids is 1. The predicted octanol–water partition coefficient (Wildman–Crippen LogP) is 1.91. The number of thiophene rings is 1. The maximum Gasteiger partial charge on any atom is 0.252 e. The Labute approximate surface area is 127 Å². The maximum absolute atomic E-state index is 11.9. The van der Waals surface area contributed by atoms with Crippen LogP contribution in [0.4, 0.5) is 5.82 Å². The number of aromatic nitrogens is 1. The topological polar surface area (TPSA) is 54.5 Å². The van der Waals surface area contributed by atoms with E-state index in [0.29, 0.717) is 12.1 Å². The molecule has 2 aromatic rings. The number of pyridine rings is 1. The van der Waals surface area contributed by atoms with Crippen LogP contribution in [0.15, 0.2) is 35.2 Å². The first kappa shape index (κ1) is 14.0. The minimum absolute atomic E-state index is 0.0408. The van der Waals surface area contributed by atoms with Gasteiger partial charge in [-0.1, -0.05) is 0 Å². The van der Waals surface area contributed by atoms with Gasteiger partial charge in [-0.05, 0) is 29.1 Å². The van der Waals surface area contributed by atoms with Gasteiger partial charge in [0, 0.05) is 36.8 Å². The molecule has 21 heavy (non-hydrogen) atoms. The molecule has 110 valence electrons. The Morgan fingerprint density at radius 3 is 3.00 bits per heavy atom. The second-order valence-electron chi connectivity index (χ2n) is 4.82. The smallest absolute Gasteiger partial charge is 0.252 e. The molecule has 0 aliphatic carbocycles. The second-order valence-corrected chi connectivity index (χ2v) is 5.60. The first-order valence-corrected chi connectivity index (χ1v) is 7.85. The van der Waals surface area contributed by atoms with Gasteiger partial charge in [0.05, 0.1) is 13.2 Å². The van der Waals surface area contributed by atoms with Gasteiger partial charge < -0.3 is 15.0 Å². The molecule has 1 saturated heterocycles. The lowest BCUT2D eigenvalue weighted by molar-refractivity contribution is 0.0951. The van der Waals surface area contributed by atoms with Crippen molar-refractivity contribution in [3.05, 3.63) is 46.3 Å². The van der Waals surface area contributed by atoms with E-state index >= 15 is 0 Å². The molecule has 1 aliphatic rings. The molecule has 6 heteroatoms. The molecule has 3 heterocycles. The Morgan fingerprint density at radius 2 is 2.24 bits per heavy atom. The fraction of sp³-hybridized carbons (Fsp3) is 0.333. The van der Waals surface area contributed by atoms with Crippen LogP contribution >= 0.6 is 11.3 Å². The van der Waals surface area contributed by atoms with E-state index in [4.69, 9.17) is 4.74 Å². The van der Waals surface area contributed by atoms with E-state index < -0.39 is 0 Å². The van der Waals surface area contributed by atoms with E-state index in [2.05, 4.69) is 15.2 Å². The predicted molar refractivity (Wildman–Crippen MR) is 82.8 cm³/mol. The Bertz CT molecular complexity index is 595. The second kappa shape index (κ2) is 6.69. The third-order valence-corrected chi connectivity index (χ3v) is 4.06. The van der Waals surface area contributed by atoms with Crippen LogP contribution in [-0.2, 0) is 11.3 Å². The largest absolute Gasteiger partial charge is 0.378 e. The molecule has 0 radical (unpaired) electrons. The van der Waals surface area contributed by atoms with Gasteiger partial charge in [0.25, 0.3) is 5.91 Å². The van der Waals surface area contributed by atoms with Gasteiger partial charge in [0.1, 0.15) is 5.82 Å². The number of rotatable bonds is 4. The molecule has 0 unspecified atom stereocenters. The molecule has 1 fully saturated rings. The van der Waals surface area contributed by atoms with Crippen molar-refractivity contribution in [3.63, 3.8) is 0 Å². The summed E-state index contributed by atoms with van der Waals surface area (Å²) in [6.07, 6.45) is 1.79. The van der Waals surface area contributed by atoms with Crippen molar-refractivity contribution in [1.29, 1.82) is 0 Å². The molecule has 3 rings (SSSR count). The fourth-order valence-electron chi connectivity index (χ4n) is 2.21. The van der Waals surface area contributed by atoms with Crippen molar-refractivity contribution < 1.29 is 9.53 Å². The summed E-state index contributed by atoms with van der Waals surface area (Å²) in [6, 6.07) is 5.78. The normalized spacial score (nSPS) is 15.0. The minimum atomic E-state index is -0.0408. The van der Waals surface area contributed by atoms with Crippen molar-refractivity contribution in [3.8, 4) is 0 Å². The average molecular weight is 303 g/mol. The first-order chi connectivity index (χ1) is 10.3. The number of nitrogens with zero attached hydrogens (tertiary/aromatic N) is 2. The molecule has 0 bridgehead atoms. The van der Waals surface area contributed by atoms with E-state index in [9.17, 15) is 4.79 Å². The zero-order valence-corrected chi connectivity index (χ0v) is 12.4. The summed E-state index contributed by atoms with van der Waals surface area (Å²) >= 11 is 1.52. The highest BCUT2D eigenvalue weighted by Crippen LogP contribution is 2.14. The van der Waals surface area contributed by atoms with E-state index in [1.165, 1.54) is 11.3 Å². The van der Waals surface area contributed by atoms with E-state index in [1.807, 2.05) is 29.0 Å². The number of amides is 1. The molecule has 1 aliphatic heterocycles. The molecule has 1 N–H and O–H groups in total. The molecule has 1 amide bonds. The summed E-state index contributed by atoms with van der Waals surface area (Å²) in [5.74, 6) is 0.904. The maximum atomic E-state index is 11.9. The van der Waals surface area contributed by atoms with Gasteiger partial charge in [-0.2, -0.15) is 11.3 Å². The van der Waals surface area contributed by atoms with Crippen LogP contribution in [0.3, 0.4) is 0 Å². The summed E-state index contributed by atoms with van der Waals surface area (Å²) in [5.41, 5.74) is 1.76. The number of carbonyl (C=O) groups is 1. The quantitative estimate of drug-likeness (QED) is 0.937. The molecule has 0 atom stereocenters. The number of ether oxygens (including phenoxy) is 1. The summed E-state index contributed by atoms with van der Waals surface area (Å²) < 4.78 is 5.35. The van der Waals surface area contributed by atoms with Crippen molar-refractivity contribution in [2.45, 2.75) is 6.54 Å². The van der Waals surface area contributed by atoms with Crippen molar-refractivity contribution in [2.75, 3.05) is 31.2 Å². The van der Waals surface area contributed by atoms with Gasteiger partial charge in [0.15, 0.2) is 0 Å². The van der Waals surface area contributed by atoms with Crippen molar-refractivity contribution >= 4 is 23.1 Å². The van der Waals surface area contributed by atoms with E-state index in [0.717, 1.165) is 37.7 Å². The van der Waals surface area contributed by atoms with Crippen molar-refractivity contribution in [1.82, 2.24) is 10.3 Å². The number of hydrogen-bond acceptors (Lipinski definition) is 5. The highest BCUT2D eigenvalue weighted by molar-refractivity contribution is 7.08. The van der Waals surface area contributed by atoms with E-state index in [1.54, 1.807) is 6.20 Å². The van der Waals surface area contributed by atoms with Gasteiger partial charge in [-0.25, -0.2) is 4.98 Å². The Hall–Kier alpha value is -1.92. The number of anilines is 1. The van der Waals surface area contributed by atoms with Crippen LogP contribution < -0.4 is 10.2 Å². The minimum Gasteiger partial charge on any atom is -0.378 e. The van der Waals surface area contributed by atoms with Gasteiger partial charge >= 0.3 is 0 Å². The van der Waals surface area contributed by atoms with Crippen LogP contribution in [0.5, 0.6) is 0 Å². The van der Waals surface area contributed by atoms with Crippen LogP contribution in [0.25, 0.3) is 0 Å². The summed E-state index contributed by atoms with van der Waals surface area (Å²) in [6.45, 7) is 3.70. The van der Waals surface area contributed by atoms with Crippen LogP contribution in [0, 0.1) is 0 Å². The molecule has 5 nitrogen and oxygen atoms in total.